The highest BCUT2D eigenvalue weighted by Crippen LogP contribution is 2.33. The number of amides is 2. The molecule has 3 aromatic rings. The van der Waals surface area contributed by atoms with Gasteiger partial charge >= 0.3 is 0 Å². The average Bonchev–Trinajstić information content (AvgIpc) is 2.95. The number of fused-ring (bicyclic) bond motifs is 1. The Labute approximate surface area is 209 Å². The van der Waals surface area contributed by atoms with Gasteiger partial charge in [-0.2, -0.15) is 0 Å². The van der Waals surface area contributed by atoms with Crippen molar-refractivity contribution in [3.63, 3.8) is 0 Å². The number of likely N-dealkylation sites (N-methyl/N-ethyl adjacent to an activating group) is 1. The van der Waals surface area contributed by atoms with Crippen molar-refractivity contribution in [3.05, 3.63) is 77.6 Å². The molecular weight excluding hydrogens is 458 g/mol. The maximum Gasteiger partial charge on any atom is 0.270 e. The molecule has 2 amide bonds. The summed E-state index contributed by atoms with van der Waals surface area (Å²) >= 11 is 0. The third-order valence-electron chi connectivity index (χ3n) is 5.45. The molecule has 2 heterocycles. The molecule has 0 radical (unpaired) electrons. The predicted molar refractivity (Wildman–Crippen MR) is 135 cm³/mol. The van der Waals surface area contributed by atoms with Gasteiger partial charge in [0, 0.05) is 24.9 Å². The summed E-state index contributed by atoms with van der Waals surface area (Å²) in [5.41, 5.74) is 1.05. The third kappa shape index (κ3) is 5.82. The second-order valence-electron chi connectivity index (χ2n) is 8.97. The fraction of sp³-hybridized carbons (Fsp3) is 0.250. The molecule has 0 unspecified atom stereocenters. The number of anilines is 1. The van der Waals surface area contributed by atoms with E-state index in [9.17, 15) is 14.7 Å². The van der Waals surface area contributed by atoms with E-state index in [4.69, 9.17) is 9.47 Å². The van der Waals surface area contributed by atoms with Crippen molar-refractivity contribution in [2.75, 3.05) is 18.6 Å². The highest BCUT2D eigenvalue weighted by Gasteiger charge is 2.31. The Balaban J connectivity index is 1.51. The highest BCUT2D eigenvalue weighted by atomic mass is 16.5. The lowest BCUT2D eigenvalue weighted by atomic mass is 10.0. The molecule has 1 aliphatic heterocycles. The number of carbonyl (C=O) groups is 2. The zero-order valence-corrected chi connectivity index (χ0v) is 20.5. The number of aromatic nitrogens is 1. The molecule has 36 heavy (non-hydrogen) atoms. The van der Waals surface area contributed by atoms with Crippen LogP contribution in [0.3, 0.4) is 0 Å². The Morgan fingerprint density at radius 2 is 1.94 bits per heavy atom. The van der Waals surface area contributed by atoms with Crippen LogP contribution in [0, 0.1) is 18.8 Å². The van der Waals surface area contributed by atoms with Crippen molar-refractivity contribution < 1.29 is 24.2 Å². The van der Waals surface area contributed by atoms with Crippen molar-refractivity contribution >= 4 is 17.5 Å². The van der Waals surface area contributed by atoms with Crippen molar-refractivity contribution in [2.45, 2.75) is 32.4 Å². The minimum absolute atomic E-state index is 0.0659. The van der Waals surface area contributed by atoms with E-state index in [1.807, 2.05) is 25.1 Å². The maximum absolute atomic E-state index is 13.2. The summed E-state index contributed by atoms with van der Waals surface area (Å²) in [6, 6.07) is 15.0. The Bertz CT molecular complexity index is 1350. The van der Waals surface area contributed by atoms with E-state index in [0.717, 1.165) is 5.56 Å². The van der Waals surface area contributed by atoms with Gasteiger partial charge in [-0.15, -0.1) is 0 Å². The summed E-state index contributed by atoms with van der Waals surface area (Å²) in [4.78, 5) is 31.7. The second kappa shape index (κ2) is 10.1. The average molecular weight is 486 g/mol. The zero-order valence-electron chi connectivity index (χ0n) is 20.5. The molecule has 0 bridgehead atoms. The predicted octanol–water partition coefficient (Wildman–Crippen LogP) is 3.46. The van der Waals surface area contributed by atoms with Crippen LogP contribution in [-0.4, -0.2) is 47.2 Å². The maximum atomic E-state index is 13.2. The van der Waals surface area contributed by atoms with Crippen LogP contribution in [0.15, 0.2) is 60.8 Å². The molecule has 1 aromatic heterocycles. The molecule has 2 aromatic carbocycles. The van der Waals surface area contributed by atoms with Crippen LogP contribution in [-0.2, 0) is 4.79 Å². The fourth-order valence-corrected chi connectivity index (χ4v) is 3.56. The van der Waals surface area contributed by atoms with E-state index in [-0.39, 0.29) is 18.2 Å². The van der Waals surface area contributed by atoms with Gasteiger partial charge in [-0.25, -0.2) is 0 Å². The highest BCUT2D eigenvalue weighted by molar-refractivity contribution is 6.03. The molecule has 4 rings (SSSR count). The molecule has 0 fully saturated rings. The topological polar surface area (TPSA) is 101 Å². The smallest absolute Gasteiger partial charge is 0.270 e. The first-order valence-electron chi connectivity index (χ1n) is 11.4. The van der Waals surface area contributed by atoms with Gasteiger partial charge in [-0.05, 0) is 56.7 Å². The molecular formula is C28H27N3O5. The van der Waals surface area contributed by atoms with E-state index < -0.39 is 17.6 Å². The number of rotatable bonds is 4. The van der Waals surface area contributed by atoms with Crippen LogP contribution < -0.4 is 19.7 Å². The molecule has 1 atom stereocenters. The first kappa shape index (κ1) is 24.8. The van der Waals surface area contributed by atoms with Crippen molar-refractivity contribution in [1.82, 2.24) is 10.3 Å². The largest absolute Gasteiger partial charge is 0.489 e. The van der Waals surface area contributed by atoms with Gasteiger partial charge in [0.15, 0.2) is 0 Å². The van der Waals surface area contributed by atoms with E-state index in [1.165, 1.54) is 17.2 Å². The molecule has 8 nitrogen and oxygen atoms in total. The van der Waals surface area contributed by atoms with Gasteiger partial charge in [0.05, 0.1) is 5.69 Å². The second-order valence-corrected chi connectivity index (χ2v) is 8.97. The summed E-state index contributed by atoms with van der Waals surface area (Å²) in [6.07, 6.45) is 1.47. The number of carbonyl (C=O) groups excluding carboxylic acids is 2. The van der Waals surface area contributed by atoms with Crippen LogP contribution in [0.25, 0.3) is 0 Å². The minimum Gasteiger partial charge on any atom is -0.489 e. The van der Waals surface area contributed by atoms with Gasteiger partial charge in [-0.1, -0.05) is 30.0 Å². The number of aliphatic hydroxyl groups is 1. The zero-order chi connectivity index (χ0) is 25.9. The number of hydrogen-bond acceptors (Lipinski definition) is 6. The summed E-state index contributed by atoms with van der Waals surface area (Å²) < 4.78 is 11.7. The van der Waals surface area contributed by atoms with Crippen LogP contribution >= 0.6 is 0 Å². The van der Waals surface area contributed by atoms with Crippen molar-refractivity contribution in [2.24, 2.45) is 0 Å². The van der Waals surface area contributed by atoms with Gasteiger partial charge < -0.3 is 24.8 Å². The molecule has 1 aliphatic rings. The van der Waals surface area contributed by atoms with Crippen molar-refractivity contribution in [3.8, 4) is 29.1 Å². The van der Waals surface area contributed by atoms with Crippen LogP contribution in [0.2, 0.25) is 0 Å². The van der Waals surface area contributed by atoms with Crippen LogP contribution in [0.4, 0.5) is 5.69 Å². The first-order valence-corrected chi connectivity index (χ1v) is 11.4. The lowest BCUT2D eigenvalue weighted by molar-refractivity contribution is -0.120. The van der Waals surface area contributed by atoms with Crippen LogP contribution in [0.5, 0.6) is 17.2 Å². The molecule has 0 saturated heterocycles. The fourth-order valence-electron chi connectivity index (χ4n) is 3.56. The number of para-hydroxylation sites is 1. The summed E-state index contributed by atoms with van der Waals surface area (Å²) in [5, 5.41) is 12.6. The molecule has 184 valence electrons. The lowest BCUT2D eigenvalue weighted by Crippen LogP contribution is -2.49. The number of nitrogens with zero attached hydrogens (tertiary/aromatic N) is 2. The molecule has 2 N–H and O–H groups in total. The lowest BCUT2D eigenvalue weighted by Gasteiger charge is -2.21. The van der Waals surface area contributed by atoms with Crippen LogP contribution in [0.1, 0.15) is 35.5 Å². The normalized spacial score (nSPS) is 15.1. The monoisotopic (exact) mass is 485 g/mol. The van der Waals surface area contributed by atoms with E-state index in [1.54, 1.807) is 51.2 Å². The third-order valence-corrected chi connectivity index (χ3v) is 5.45. The number of hydrogen-bond donors (Lipinski definition) is 2. The Kier molecular flexibility index (Phi) is 6.95. The van der Waals surface area contributed by atoms with E-state index in [0.29, 0.717) is 28.5 Å². The van der Waals surface area contributed by atoms with E-state index >= 15 is 0 Å². The van der Waals surface area contributed by atoms with Gasteiger partial charge in [0.2, 0.25) is 0 Å². The standard InChI is InChI=1S/C28H27N3O5/c1-18-14-24-25(15-19(18)10-12-28(2,3)34)35-17-23(27(33)31(24)4)30-26(32)22-16-21(11-13-29-22)36-20-8-6-5-7-9-20/h5-9,11,13-16,23,34H,17H2,1-4H3,(H,30,32)/t23-/m1/s1. The number of benzene rings is 2. The van der Waals surface area contributed by atoms with Gasteiger partial charge in [0.25, 0.3) is 11.8 Å². The summed E-state index contributed by atoms with van der Waals surface area (Å²) in [7, 11) is 1.63. The first-order chi connectivity index (χ1) is 17.1. The molecule has 0 spiro atoms. The Hall–Kier alpha value is -4.35. The summed E-state index contributed by atoms with van der Waals surface area (Å²) in [5.74, 6) is 6.44. The van der Waals surface area contributed by atoms with E-state index in [2.05, 4.69) is 22.1 Å². The van der Waals surface area contributed by atoms with Gasteiger partial charge in [0.1, 0.15) is 41.2 Å². The van der Waals surface area contributed by atoms with Gasteiger partial charge in [-0.3, -0.25) is 14.6 Å². The SMILES string of the molecule is Cc1cc2c(cc1C#CC(C)(C)O)OC[C@@H](NC(=O)c1cc(Oc3ccccc3)ccn1)C(=O)N2C. The number of nitrogens with one attached hydrogen (secondary N) is 1. The number of ether oxygens (including phenoxy) is 2. The Morgan fingerprint density at radius 3 is 2.67 bits per heavy atom. The number of aryl methyl sites for hydroxylation is 1. The quantitative estimate of drug-likeness (QED) is 0.549. The molecule has 0 saturated carbocycles. The Morgan fingerprint density at radius 1 is 1.19 bits per heavy atom. The number of pyridine rings is 1. The molecule has 8 heteroatoms. The minimum atomic E-state index is -1.14. The summed E-state index contributed by atoms with van der Waals surface area (Å²) in [6.45, 7) is 5.01. The molecule has 0 aliphatic carbocycles. The van der Waals surface area contributed by atoms with Crippen molar-refractivity contribution in [1.29, 1.82) is 0 Å².